The Morgan fingerprint density at radius 3 is 2.61 bits per heavy atom. The molecule has 0 unspecified atom stereocenters. The molecule has 0 aromatic heterocycles. The molecule has 4 aliphatic carbocycles. The molecule has 0 amide bonds. The minimum atomic E-state index is -0.170. The first-order valence-electron chi connectivity index (χ1n) is 14.4. The Hall–Kier alpha value is -1.05. The lowest BCUT2D eigenvalue weighted by Crippen LogP contribution is -2.50. The summed E-state index contributed by atoms with van der Waals surface area (Å²) < 4.78 is 5.76. The maximum Gasteiger partial charge on any atom is 0.330 e. The van der Waals surface area contributed by atoms with Crippen LogP contribution in [0.1, 0.15) is 124 Å². The molecule has 7 atom stereocenters. The van der Waals surface area contributed by atoms with Gasteiger partial charge in [-0.05, 0) is 92.8 Å². The highest BCUT2D eigenvalue weighted by Crippen LogP contribution is 2.66. The summed E-state index contributed by atoms with van der Waals surface area (Å²) in [6.07, 6.45) is 26.3. The smallest absolute Gasteiger partial charge is 0.330 e. The first kappa shape index (κ1) is 25.1. The van der Waals surface area contributed by atoms with Crippen molar-refractivity contribution >= 4 is 5.97 Å². The van der Waals surface area contributed by atoms with Crippen LogP contribution >= 0.6 is 0 Å². The number of hydrogen-bond acceptors (Lipinski definition) is 2. The van der Waals surface area contributed by atoms with Crippen LogP contribution in [0.25, 0.3) is 0 Å². The number of ether oxygens (including phenoxy) is 1. The normalized spacial score (nSPS) is 40.1. The number of rotatable bonds is 9. The highest BCUT2D eigenvalue weighted by molar-refractivity contribution is 5.81. The lowest BCUT2D eigenvalue weighted by molar-refractivity contribution is -0.145. The van der Waals surface area contributed by atoms with Gasteiger partial charge in [-0.1, -0.05) is 77.0 Å². The Kier molecular flexibility index (Phi) is 8.12. The largest absolute Gasteiger partial charge is 0.459 e. The average molecular weight is 455 g/mol. The Morgan fingerprint density at radius 1 is 1.03 bits per heavy atom. The standard InChI is InChI=1S/C31H50O2/c1-5-7-8-9-10-11-13-23-15-17-27-26-16-14-24-22-25(33-29(32)12-6-2)18-20-31(24,4)28(26)19-21-30(23,27)3/h6,12,14,23,25-28H,5,7-11,13,15-22H2,1-4H3/t23-,25-,26-,27-,28-,30+,31-/m0/s1. The van der Waals surface area contributed by atoms with Crippen LogP contribution in [-0.4, -0.2) is 12.1 Å². The quantitative estimate of drug-likeness (QED) is 0.150. The van der Waals surface area contributed by atoms with E-state index in [0.29, 0.717) is 10.8 Å². The molecule has 0 aliphatic heterocycles. The van der Waals surface area contributed by atoms with Crippen LogP contribution in [0.4, 0.5) is 0 Å². The predicted octanol–water partition coefficient (Wildman–Crippen LogP) is 8.80. The molecule has 4 rings (SSSR count). The molecule has 2 heteroatoms. The number of hydrogen-bond donors (Lipinski definition) is 0. The third-order valence-corrected chi connectivity index (χ3v) is 10.7. The SMILES string of the molecule is CC=CC(=O)O[C@H]1CC[C@@]2(C)C(=CC[C@H]3[C@@H]4CC[C@H](CCCCCCCC)[C@@]4(C)CC[C@@H]32)C1. The summed E-state index contributed by atoms with van der Waals surface area (Å²) in [7, 11) is 0. The van der Waals surface area contributed by atoms with Crippen molar-refractivity contribution in [3.63, 3.8) is 0 Å². The minimum Gasteiger partial charge on any atom is -0.459 e. The van der Waals surface area contributed by atoms with Crippen molar-refractivity contribution in [2.45, 2.75) is 130 Å². The van der Waals surface area contributed by atoms with E-state index in [-0.39, 0.29) is 12.1 Å². The molecule has 4 aliphatic rings. The van der Waals surface area contributed by atoms with Crippen molar-refractivity contribution in [1.29, 1.82) is 0 Å². The third-order valence-electron chi connectivity index (χ3n) is 10.7. The molecular weight excluding hydrogens is 404 g/mol. The van der Waals surface area contributed by atoms with Gasteiger partial charge in [0.1, 0.15) is 6.10 Å². The summed E-state index contributed by atoms with van der Waals surface area (Å²) in [5.41, 5.74) is 2.54. The number of carbonyl (C=O) groups is 1. The highest BCUT2D eigenvalue weighted by Gasteiger charge is 2.58. The Labute approximate surface area is 204 Å². The van der Waals surface area contributed by atoms with Crippen molar-refractivity contribution < 1.29 is 9.53 Å². The monoisotopic (exact) mass is 454 g/mol. The minimum absolute atomic E-state index is 0.0756. The summed E-state index contributed by atoms with van der Waals surface area (Å²) in [6.45, 7) is 9.43. The summed E-state index contributed by atoms with van der Waals surface area (Å²) in [5.74, 6) is 3.46. The molecule has 0 N–H and O–H groups in total. The van der Waals surface area contributed by atoms with Gasteiger partial charge in [-0.25, -0.2) is 4.79 Å². The van der Waals surface area contributed by atoms with E-state index in [2.05, 4.69) is 26.8 Å². The van der Waals surface area contributed by atoms with Crippen LogP contribution in [0.3, 0.4) is 0 Å². The van der Waals surface area contributed by atoms with Gasteiger partial charge < -0.3 is 4.74 Å². The maximum atomic E-state index is 12.0. The summed E-state index contributed by atoms with van der Waals surface area (Å²) in [5, 5.41) is 0. The molecule has 0 radical (unpaired) electrons. The van der Waals surface area contributed by atoms with Crippen LogP contribution in [-0.2, 0) is 9.53 Å². The van der Waals surface area contributed by atoms with Gasteiger partial charge in [0.2, 0.25) is 0 Å². The number of allylic oxidation sites excluding steroid dienone is 2. The van der Waals surface area contributed by atoms with Gasteiger partial charge in [0.15, 0.2) is 0 Å². The van der Waals surface area contributed by atoms with E-state index in [4.69, 9.17) is 4.74 Å². The zero-order valence-electron chi connectivity index (χ0n) is 22.0. The lowest BCUT2D eigenvalue weighted by atomic mass is 9.47. The average Bonchev–Trinajstić information content (AvgIpc) is 3.13. The van der Waals surface area contributed by atoms with Gasteiger partial charge in [0, 0.05) is 12.5 Å². The van der Waals surface area contributed by atoms with Gasteiger partial charge in [-0.2, -0.15) is 0 Å². The summed E-state index contributed by atoms with van der Waals surface area (Å²) in [6, 6.07) is 0. The molecule has 33 heavy (non-hydrogen) atoms. The van der Waals surface area contributed by atoms with E-state index in [9.17, 15) is 4.79 Å². The third kappa shape index (κ3) is 5.01. The van der Waals surface area contributed by atoms with Gasteiger partial charge in [0.05, 0.1) is 0 Å². The van der Waals surface area contributed by atoms with Gasteiger partial charge in [0.25, 0.3) is 0 Å². The Bertz CT molecular complexity index is 735. The van der Waals surface area contributed by atoms with Crippen molar-refractivity contribution in [3.8, 4) is 0 Å². The second-order valence-corrected chi connectivity index (χ2v) is 12.4. The van der Waals surface area contributed by atoms with E-state index < -0.39 is 0 Å². The Balaban J connectivity index is 1.37. The molecule has 0 aromatic rings. The van der Waals surface area contributed by atoms with Crippen LogP contribution in [0.5, 0.6) is 0 Å². The fourth-order valence-electron chi connectivity index (χ4n) is 8.82. The summed E-state index contributed by atoms with van der Waals surface area (Å²) >= 11 is 0. The molecule has 186 valence electrons. The fraction of sp³-hybridized carbons (Fsp3) is 0.839. The zero-order chi connectivity index (χ0) is 23.5. The first-order chi connectivity index (χ1) is 15.9. The van der Waals surface area contributed by atoms with E-state index in [1.807, 2.05) is 6.92 Å². The molecular formula is C31H50O2. The molecule has 3 saturated carbocycles. The molecule has 3 fully saturated rings. The van der Waals surface area contributed by atoms with Crippen molar-refractivity contribution in [1.82, 2.24) is 0 Å². The second kappa shape index (κ2) is 10.7. The number of carbonyl (C=O) groups excluding carboxylic acids is 1. The van der Waals surface area contributed by atoms with Crippen LogP contribution in [0.2, 0.25) is 0 Å². The fourth-order valence-corrected chi connectivity index (χ4v) is 8.82. The van der Waals surface area contributed by atoms with Crippen molar-refractivity contribution in [2.24, 2.45) is 34.5 Å². The molecule has 0 bridgehead atoms. The molecule has 2 nitrogen and oxygen atoms in total. The zero-order valence-corrected chi connectivity index (χ0v) is 22.0. The van der Waals surface area contributed by atoms with Gasteiger partial charge in [-0.3, -0.25) is 0 Å². The molecule has 0 saturated heterocycles. The van der Waals surface area contributed by atoms with Crippen molar-refractivity contribution in [3.05, 3.63) is 23.8 Å². The van der Waals surface area contributed by atoms with Crippen LogP contribution in [0.15, 0.2) is 23.8 Å². The summed E-state index contributed by atoms with van der Waals surface area (Å²) in [4.78, 5) is 12.0. The molecule has 0 heterocycles. The topological polar surface area (TPSA) is 26.3 Å². The first-order valence-corrected chi connectivity index (χ1v) is 14.4. The number of fused-ring (bicyclic) bond motifs is 5. The molecule has 0 spiro atoms. The number of esters is 1. The van der Waals surface area contributed by atoms with Crippen LogP contribution < -0.4 is 0 Å². The molecule has 0 aromatic carbocycles. The van der Waals surface area contributed by atoms with E-state index >= 15 is 0 Å². The second-order valence-electron chi connectivity index (χ2n) is 12.4. The van der Waals surface area contributed by atoms with E-state index in [0.717, 1.165) is 36.5 Å². The lowest BCUT2D eigenvalue weighted by Gasteiger charge is -2.58. The van der Waals surface area contributed by atoms with Gasteiger partial charge in [-0.15, -0.1) is 0 Å². The van der Waals surface area contributed by atoms with E-state index in [1.54, 1.807) is 17.7 Å². The van der Waals surface area contributed by atoms with Gasteiger partial charge >= 0.3 is 5.97 Å². The van der Waals surface area contributed by atoms with Crippen LogP contribution in [0, 0.1) is 34.5 Å². The Morgan fingerprint density at radius 2 is 1.82 bits per heavy atom. The van der Waals surface area contributed by atoms with Crippen molar-refractivity contribution in [2.75, 3.05) is 0 Å². The highest BCUT2D eigenvalue weighted by atomic mass is 16.5. The maximum absolute atomic E-state index is 12.0. The number of unbranched alkanes of at least 4 members (excludes halogenated alkanes) is 5. The van der Waals surface area contributed by atoms with E-state index in [1.165, 1.54) is 83.5 Å². The predicted molar refractivity (Wildman–Crippen MR) is 138 cm³/mol.